The van der Waals surface area contributed by atoms with Crippen LogP contribution in [-0.2, 0) is 6.42 Å². The Kier molecular flexibility index (Phi) is 4.00. The van der Waals surface area contributed by atoms with Crippen LogP contribution >= 0.6 is 11.8 Å². The van der Waals surface area contributed by atoms with E-state index in [9.17, 15) is 14.7 Å². The highest BCUT2D eigenvalue weighted by Gasteiger charge is 2.48. The molecule has 1 aromatic heterocycles. The summed E-state index contributed by atoms with van der Waals surface area (Å²) in [6, 6.07) is 13.8. The van der Waals surface area contributed by atoms with E-state index in [1.807, 2.05) is 6.26 Å². The minimum absolute atomic E-state index is 0.0545. The molecular formula is C20H16O5S. The summed E-state index contributed by atoms with van der Waals surface area (Å²) in [5.41, 5.74) is -1.05. The monoisotopic (exact) mass is 368 g/mol. The predicted molar refractivity (Wildman–Crippen MR) is 100 cm³/mol. The molecule has 1 atom stereocenters. The van der Waals surface area contributed by atoms with E-state index in [4.69, 9.17) is 9.15 Å². The topological polar surface area (TPSA) is 76.7 Å². The molecule has 3 aromatic rings. The van der Waals surface area contributed by atoms with Gasteiger partial charge in [-0.15, -0.1) is 0 Å². The molecule has 1 N–H and O–H groups in total. The van der Waals surface area contributed by atoms with Crippen LogP contribution in [0.2, 0.25) is 0 Å². The molecule has 0 saturated carbocycles. The molecule has 2 aromatic carbocycles. The number of hydrogen-bond acceptors (Lipinski definition) is 6. The number of benzene rings is 2. The number of para-hydroxylation sites is 2. The highest BCUT2D eigenvalue weighted by atomic mass is 32.2. The third-order valence-corrected chi connectivity index (χ3v) is 5.32. The molecule has 0 bridgehead atoms. The molecule has 6 heteroatoms. The van der Waals surface area contributed by atoms with Crippen LogP contribution in [0.4, 0.5) is 0 Å². The zero-order valence-corrected chi connectivity index (χ0v) is 14.8. The van der Waals surface area contributed by atoms with Crippen molar-refractivity contribution in [2.24, 2.45) is 0 Å². The Balaban J connectivity index is 1.84. The van der Waals surface area contributed by atoms with E-state index in [0.29, 0.717) is 28.0 Å². The first-order valence-corrected chi connectivity index (χ1v) is 9.50. The molecule has 1 aliphatic rings. The van der Waals surface area contributed by atoms with Crippen molar-refractivity contribution in [2.75, 3.05) is 12.0 Å². The predicted octanol–water partition coefficient (Wildman–Crippen LogP) is 3.42. The van der Waals surface area contributed by atoms with Gasteiger partial charge in [-0.05, 0) is 30.5 Å². The molecule has 5 nitrogen and oxygen atoms in total. The van der Waals surface area contributed by atoms with Crippen LogP contribution in [0.15, 0.2) is 57.7 Å². The molecule has 0 amide bonds. The maximum absolute atomic E-state index is 13.0. The summed E-state index contributed by atoms with van der Waals surface area (Å²) >= 11 is 1.45. The molecule has 1 unspecified atom stereocenters. The number of ether oxygens (including phenoxy) is 1. The minimum Gasteiger partial charge on any atom is -0.507 e. The van der Waals surface area contributed by atoms with E-state index in [0.717, 1.165) is 0 Å². The first kappa shape index (κ1) is 16.7. The molecule has 0 saturated heterocycles. The van der Waals surface area contributed by atoms with Crippen LogP contribution in [0.25, 0.3) is 11.0 Å². The average molecular weight is 368 g/mol. The molecule has 0 aliphatic carbocycles. The molecule has 0 fully saturated rings. The lowest BCUT2D eigenvalue weighted by Gasteiger charge is -2.26. The number of hydrogen-bond donors (Lipinski definition) is 1. The third kappa shape index (κ3) is 2.49. The Morgan fingerprint density at radius 3 is 2.58 bits per heavy atom. The Morgan fingerprint density at radius 2 is 1.81 bits per heavy atom. The van der Waals surface area contributed by atoms with Crippen LogP contribution in [-0.4, -0.2) is 28.5 Å². The second-order valence-electron chi connectivity index (χ2n) is 6.24. The van der Waals surface area contributed by atoms with Crippen LogP contribution in [0.1, 0.15) is 15.9 Å². The van der Waals surface area contributed by atoms with E-state index >= 15 is 0 Å². The first-order chi connectivity index (χ1) is 12.6. The number of thioether (sulfide) groups is 1. The van der Waals surface area contributed by atoms with Crippen LogP contribution in [0, 0.1) is 0 Å². The number of aromatic hydroxyl groups is 1. The second-order valence-corrected chi connectivity index (χ2v) is 7.11. The fourth-order valence-corrected chi connectivity index (χ4v) is 4.11. The standard InChI is InChI=1S/C20H16O5S/c1-26-11-20(18(22)13-7-3-5-9-16(13)25-20)10-14-17(21)12-6-2-4-8-15(12)24-19(14)23/h2-9,21H,10-11H2,1H3. The molecule has 0 spiro atoms. The number of carbonyl (C=O) groups excluding carboxylic acids is 1. The first-order valence-electron chi connectivity index (χ1n) is 8.11. The number of fused-ring (bicyclic) bond motifs is 2. The lowest BCUT2D eigenvalue weighted by atomic mass is 9.90. The largest absolute Gasteiger partial charge is 0.507 e. The zero-order valence-electron chi connectivity index (χ0n) is 14.0. The van der Waals surface area contributed by atoms with Gasteiger partial charge in [0.2, 0.25) is 5.78 Å². The van der Waals surface area contributed by atoms with Crippen molar-refractivity contribution in [1.29, 1.82) is 0 Å². The van der Waals surface area contributed by atoms with Gasteiger partial charge in [-0.1, -0.05) is 24.3 Å². The molecule has 26 heavy (non-hydrogen) atoms. The number of carbonyl (C=O) groups is 1. The summed E-state index contributed by atoms with van der Waals surface area (Å²) in [6.45, 7) is 0. The van der Waals surface area contributed by atoms with Crippen molar-refractivity contribution in [3.8, 4) is 11.5 Å². The minimum atomic E-state index is -1.24. The van der Waals surface area contributed by atoms with Crippen molar-refractivity contribution >= 4 is 28.5 Å². The van der Waals surface area contributed by atoms with E-state index in [1.165, 1.54) is 11.8 Å². The smallest absolute Gasteiger partial charge is 0.343 e. The van der Waals surface area contributed by atoms with Gasteiger partial charge in [-0.25, -0.2) is 4.79 Å². The Morgan fingerprint density at radius 1 is 1.08 bits per heavy atom. The van der Waals surface area contributed by atoms with Gasteiger partial charge in [0.15, 0.2) is 5.60 Å². The Hall–Kier alpha value is -2.73. The van der Waals surface area contributed by atoms with Crippen LogP contribution in [0.3, 0.4) is 0 Å². The summed E-state index contributed by atoms with van der Waals surface area (Å²) in [4.78, 5) is 25.5. The van der Waals surface area contributed by atoms with Gasteiger partial charge in [0.05, 0.1) is 16.5 Å². The van der Waals surface area contributed by atoms with Gasteiger partial charge in [0, 0.05) is 12.2 Å². The van der Waals surface area contributed by atoms with Crippen molar-refractivity contribution in [3.05, 3.63) is 70.1 Å². The second kappa shape index (κ2) is 6.21. The third-order valence-electron chi connectivity index (χ3n) is 4.57. The normalized spacial score (nSPS) is 18.7. The van der Waals surface area contributed by atoms with E-state index in [-0.39, 0.29) is 23.5 Å². The summed E-state index contributed by atoms with van der Waals surface area (Å²) in [5, 5.41) is 11.1. The van der Waals surface area contributed by atoms with Crippen LogP contribution < -0.4 is 10.4 Å². The highest BCUT2D eigenvalue weighted by Crippen LogP contribution is 2.40. The Bertz CT molecular complexity index is 1070. The molecular weight excluding hydrogens is 352 g/mol. The zero-order chi connectivity index (χ0) is 18.3. The molecule has 1 aliphatic heterocycles. The maximum Gasteiger partial charge on any atom is 0.343 e. The lowest BCUT2D eigenvalue weighted by molar-refractivity contribution is 0.0640. The number of Topliss-reactive ketones (excluding diaryl/α,β-unsaturated/α-hetero) is 1. The van der Waals surface area contributed by atoms with E-state index in [2.05, 4.69) is 0 Å². The molecule has 132 valence electrons. The number of ketones is 1. The summed E-state index contributed by atoms with van der Waals surface area (Å²) in [5.74, 6) is 0.502. The van der Waals surface area contributed by atoms with Gasteiger partial charge in [0.1, 0.15) is 17.1 Å². The molecule has 2 heterocycles. The quantitative estimate of drug-likeness (QED) is 0.711. The SMILES string of the molecule is CSCC1(Cc2c(O)c3ccccc3oc2=O)Oc2ccccc2C1=O. The highest BCUT2D eigenvalue weighted by molar-refractivity contribution is 7.98. The average Bonchev–Trinajstić information content (AvgIpc) is 2.91. The van der Waals surface area contributed by atoms with Crippen molar-refractivity contribution in [3.63, 3.8) is 0 Å². The fourth-order valence-electron chi connectivity index (χ4n) is 3.35. The molecule has 4 rings (SSSR count). The fraction of sp³-hybridized carbons (Fsp3) is 0.200. The van der Waals surface area contributed by atoms with E-state index in [1.54, 1.807) is 48.5 Å². The van der Waals surface area contributed by atoms with Crippen molar-refractivity contribution < 1.29 is 19.1 Å². The lowest BCUT2D eigenvalue weighted by Crippen LogP contribution is -2.46. The van der Waals surface area contributed by atoms with E-state index < -0.39 is 11.2 Å². The van der Waals surface area contributed by atoms with Gasteiger partial charge >= 0.3 is 5.63 Å². The molecule has 0 radical (unpaired) electrons. The van der Waals surface area contributed by atoms with Crippen molar-refractivity contribution in [2.45, 2.75) is 12.0 Å². The van der Waals surface area contributed by atoms with Gasteiger partial charge in [0.25, 0.3) is 0 Å². The van der Waals surface area contributed by atoms with Crippen molar-refractivity contribution in [1.82, 2.24) is 0 Å². The summed E-state index contributed by atoms with van der Waals surface area (Å²) in [6.07, 6.45) is 1.81. The van der Waals surface area contributed by atoms with Gasteiger partial charge in [-0.3, -0.25) is 4.79 Å². The van der Waals surface area contributed by atoms with Gasteiger partial charge in [-0.2, -0.15) is 11.8 Å². The van der Waals surface area contributed by atoms with Gasteiger partial charge < -0.3 is 14.3 Å². The van der Waals surface area contributed by atoms with Crippen LogP contribution in [0.5, 0.6) is 11.5 Å². The maximum atomic E-state index is 13.0. The summed E-state index contributed by atoms with van der Waals surface area (Å²) in [7, 11) is 0. The number of rotatable bonds is 4. The summed E-state index contributed by atoms with van der Waals surface area (Å²) < 4.78 is 11.3. The Labute approximate surface area is 153 Å².